The third-order valence-electron chi connectivity index (χ3n) is 3.26. The molecule has 0 unspecified atom stereocenters. The predicted octanol–water partition coefficient (Wildman–Crippen LogP) is 1.86. The number of nitrogens with one attached hydrogen (secondary N) is 1. The van der Waals surface area contributed by atoms with Crippen molar-refractivity contribution in [1.29, 1.82) is 0 Å². The quantitative estimate of drug-likeness (QED) is 0.881. The second-order valence-electron chi connectivity index (χ2n) is 4.94. The van der Waals surface area contributed by atoms with Crippen LogP contribution in [0.1, 0.15) is 30.5 Å². The third kappa shape index (κ3) is 4.05. The fourth-order valence-corrected chi connectivity index (χ4v) is 2.15. The van der Waals surface area contributed by atoms with Gasteiger partial charge in [-0.15, -0.1) is 0 Å². The van der Waals surface area contributed by atoms with Crippen molar-refractivity contribution in [3.63, 3.8) is 0 Å². The summed E-state index contributed by atoms with van der Waals surface area (Å²) in [4.78, 5) is 15.8. The Balaban J connectivity index is 1.95. The van der Waals surface area contributed by atoms with Crippen molar-refractivity contribution in [2.24, 2.45) is 0 Å². The predicted molar refractivity (Wildman–Crippen MR) is 78.9 cm³/mol. The first-order chi connectivity index (χ1) is 10.1. The van der Waals surface area contributed by atoms with E-state index in [0.717, 1.165) is 16.9 Å². The lowest BCUT2D eigenvalue weighted by Gasteiger charge is -2.18. The standard InChI is InChI=1S/C15H20N4O2/c1-11-4-5-14(21-3)13(8-11)12(2)18-15(20)6-7-19-10-16-9-17-19/h4-5,8-10,12H,6-7H2,1-3H3,(H,18,20)/t12-/m1/s1. The summed E-state index contributed by atoms with van der Waals surface area (Å²) in [6.45, 7) is 4.48. The van der Waals surface area contributed by atoms with Crippen molar-refractivity contribution in [2.45, 2.75) is 32.9 Å². The Morgan fingerprint density at radius 1 is 1.48 bits per heavy atom. The highest BCUT2D eigenvalue weighted by Gasteiger charge is 2.14. The molecule has 1 aromatic carbocycles. The molecule has 1 N–H and O–H groups in total. The zero-order chi connectivity index (χ0) is 15.2. The Morgan fingerprint density at radius 2 is 2.29 bits per heavy atom. The number of benzene rings is 1. The first-order valence-corrected chi connectivity index (χ1v) is 6.86. The topological polar surface area (TPSA) is 69.0 Å². The minimum atomic E-state index is -0.108. The maximum absolute atomic E-state index is 12.0. The molecule has 1 aromatic heterocycles. The molecule has 6 heteroatoms. The zero-order valence-corrected chi connectivity index (χ0v) is 12.5. The molecular formula is C15H20N4O2. The Bertz CT molecular complexity index is 596. The third-order valence-corrected chi connectivity index (χ3v) is 3.26. The van der Waals surface area contributed by atoms with Gasteiger partial charge in [0.05, 0.1) is 19.7 Å². The summed E-state index contributed by atoms with van der Waals surface area (Å²) in [5, 5.41) is 6.95. The second-order valence-corrected chi connectivity index (χ2v) is 4.94. The van der Waals surface area contributed by atoms with E-state index in [2.05, 4.69) is 15.4 Å². The van der Waals surface area contributed by atoms with E-state index in [1.807, 2.05) is 32.0 Å². The number of hydrogen-bond donors (Lipinski definition) is 1. The van der Waals surface area contributed by atoms with E-state index >= 15 is 0 Å². The summed E-state index contributed by atoms with van der Waals surface area (Å²) in [5.74, 6) is 0.756. The molecule has 0 saturated carbocycles. The van der Waals surface area contributed by atoms with Gasteiger partial charge in [0.25, 0.3) is 0 Å². The van der Waals surface area contributed by atoms with Gasteiger partial charge in [-0.3, -0.25) is 9.48 Å². The van der Waals surface area contributed by atoms with E-state index in [0.29, 0.717) is 13.0 Å². The second kappa shape index (κ2) is 6.88. The average Bonchev–Trinajstić information content (AvgIpc) is 2.98. The lowest BCUT2D eigenvalue weighted by molar-refractivity contribution is -0.122. The van der Waals surface area contributed by atoms with Gasteiger partial charge in [0.2, 0.25) is 5.91 Å². The molecule has 0 saturated heterocycles. The van der Waals surface area contributed by atoms with Crippen LogP contribution in [0.15, 0.2) is 30.9 Å². The Kier molecular flexibility index (Phi) is 4.92. The summed E-state index contributed by atoms with van der Waals surface area (Å²) in [5.41, 5.74) is 2.11. The van der Waals surface area contributed by atoms with Crippen LogP contribution in [0.5, 0.6) is 5.75 Å². The van der Waals surface area contributed by atoms with Gasteiger partial charge < -0.3 is 10.1 Å². The van der Waals surface area contributed by atoms with Crippen LogP contribution in [0.25, 0.3) is 0 Å². The molecule has 1 atom stereocenters. The van der Waals surface area contributed by atoms with E-state index in [9.17, 15) is 4.79 Å². The number of amides is 1. The molecule has 0 radical (unpaired) electrons. The van der Waals surface area contributed by atoms with Crippen LogP contribution in [0.4, 0.5) is 0 Å². The highest BCUT2D eigenvalue weighted by molar-refractivity contribution is 5.76. The molecule has 0 bridgehead atoms. The first kappa shape index (κ1) is 15.0. The average molecular weight is 288 g/mol. The lowest BCUT2D eigenvalue weighted by Crippen LogP contribution is -2.27. The maximum atomic E-state index is 12.0. The number of methoxy groups -OCH3 is 1. The minimum absolute atomic E-state index is 0.0263. The molecular weight excluding hydrogens is 268 g/mol. The number of aryl methyl sites for hydroxylation is 2. The molecule has 2 rings (SSSR count). The van der Waals surface area contributed by atoms with Gasteiger partial charge in [-0.2, -0.15) is 5.10 Å². The van der Waals surface area contributed by atoms with Gasteiger partial charge in [-0.05, 0) is 19.9 Å². The van der Waals surface area contributed by atoms with Crippen molar-refractivity contribution in [3.05, 3.63) is 42.0 Å². The molecule has 2 aromatic rings. The summed E-state index contributed by atoms with van der Waals surface area (Å²) >= 11 is 0. The lowest BCUT2D eigenvalue weighted by atomic mass is 10.0. The molecule has 21 heavy (non-hydrogen) atoms. The molecule has 1 amide bonds. The molecule has 0 spiro atoms. The highest BCUT2D eigenvalue weighted by atomic mass is 16.5. The van der Waals surface area contributed by atoms with Crippen LogP contribution < -0.4 is 10.1 Å². The fourth-order valence-electron chi connectivity index (χ4n) is 2.15. The monoisotopic (exact) mass is 288 g/mol. The first-order valence-electron chi connectivity index (χ1n) is 6.86. The number of rotatable bonds is 6. The summed E-state index contributed by atoms with van der Waals surface area (Å²) in [6.07, 6.45) is 3.42. The fraction of sp³-hybridized carbons (Fsp3) is 0.400. The van der Waals surface area contributed by atoms with Crippen LogP contribution in [0.2, 0.25) is 0 Å². The van der Waals surface area contributed by atoms with Gasteiger partial charge >= 0.3 is 0 Å². The van der Waals surface area contributed by atoms with Crippen molar-refractivity contribution >= 4 is 5.91 Å². The molecule has 0 aliphatic rings. The van der Waals surface area contributed by atoms with Gasteiger partial charge in [0, 0.05) is 12.0 Å². The number of ether oxygens (including phenoxy) is 1. The van der Waals surface area contributed by atoms with Crippen molar-refractivity contribution < 1.29 is 9.53 Å². The van der Waals surface area contributed by atoms with Crippen LogP contribution in [0.3, 0.4) is 0 Å². The van der Waals surface area contributed by atoms with Crippen LogP contribution >= 0.6 is 0 Å². The Morgan fingerprint density at radius 3 is 2.95 bits per heavy atom. The van der Waals surface area contributed by atoms with Gasteiger partial charge in [-0.1, -0.05) is 17.7 Å². The Hall–Kier alpha value is -2.37. The van der Waals surface area contributed by atoms with E-state index in [-0.39, 0.29) is 11.9 Å². The number of carbonyl (C=O) groups excluding carboxylic acids is 1. The van der Waals surface area contributed by atoms with Crippen LogP contribution in [-0.4, -0.2) is 27.8 Å². The summed E-state index contributed by atoms with van der Waals surface area (Å²) in [7, 11) is 1.63. The smallest absolute Gasteiger partial charge is 0.222 e. The van der Waals surface area contributed by atoms with Gasteiger partial charge in [-0.25, -0.2) is 4.98 Å². The van der Waals surface area contributed by atoms with E-state index in [1.54, 1.807) is 18.1 Å². The van der Waals surface area contributed by atoms with Crippen molar-refractivity contribution in [1.82, 2.24) is 20.1 Å². The molecule has 1 heterocycles. The van der Waals surface area contributed by atoms with E-state index in [4.69, 9.17) is 4.74 Å². The molecule has 6 nitrogen and oxygen atoms in total. The largest absolute Gasteiger partial charge is 0.496 e. The number of hydrogen-bond acceptors (Lipinski definition) is 4. The van der Waals surface area contributed by atoms with Gasteiger partial charge in [0.1, 0.15) is 18.4 Å². The summed E-state index contributed by atoms with van der Waals surface area (Å²) in [6, 6.07) is 5.83. The molecule has 0 aliphatic heterocycles. The number of aromatic nitrogens is 3. The SMILES string of the molecule is COc1ccc(C)cc1[C@@H](C)NC(=O)CCn1cncn1. The normalized spacial score (nSPS) is 12.0. The van der Waals surface area contributed by atoms with Crippen molar-refractivity contribution in [3.8, 4) is 5.75 Å². The molecule has 112 valence electrons. The summed E-state index contributed by atoms with van der Waals surface area (Å²) < 4.78 is 6.98. The molecule has 0 aliphatic carbocycles. The zero-order valence-electron chi connectivity index (χ0n) is 12.5. The Labute approximate surface area is 124 Å². The van der Waals surface area contributed by atoms with E-state index in [1.165, 1.54) is 6.33 Å². The van der Waals surface area contributed by atoms with E-state index < -0.39 is 0 Å². The molecule has 0 fully saturated rings. The minimum Gasteiger partial charge on any atom is -0.496 e. The van der Waals surface area contributed by atoms with Crippen LogP contribution in [-0.2, 0) is 11.3 Å². The van der Waals surface area contributed by atoms with Crippen LogP contribution in [0, 0.1) is 6.92 Å². The van der Waals surface area contributed by atoms with Crippen molar-refractivity contribution in [2.75, 3.05) is 7.11 Å². The van der Waals surface area contributed by atoms with Gasteiger partial charge in [0.15, 0.2) is 0 Å². The maximum Gasteiger partial charge on any atom is 0.222 e. The number of carbonyl (C=O) groups is 1. The highest BCUT2D eigenvalue weighted by Crippen LogP contribution is 2.26. The number of nitrogens with zero attached hydrogens (tertiary/aromatic N) is 3.